The molecular weight excluding hydrogens is 414 g/mol. The van der Waals surface area contributed by atoms with Crippen LogP contribution < -0.4 is 4.90 Å². The zero-order valence-corrected chi connectivity index (χ0v) is 19.5. The van der Waals surface area contributed by atoms with Gasteiger partial charge < -0.3 is 19.1 Å². The molecular formula is C24H35NO5S. The van der Waals surface area contributed by atoms with Crippen molar-refractivity contribution in [2.75, 3.05) is 18.6 Å². The number of hydrogen-bond donors (Lipinski definition) is 0. The summed E-state index contributed by atoms with van der Waals surface area (Å²) in [5.74, 6) is 0.435. The highest BCUT2D eigenvalue weighted by atomic mass is 32.1. The van der Waals surface area contributed by atoms with Gasteiger partial charge in [0.2, 0.25) is 5.91 Å². The van der Waals surface area contributed by atoms with E-state index in [4.69, 9.17) is 14.2 Å². The highest BCUT2D eigenvalue weighted by molar-refractivity contribution is 7.12. The van der Waals surface area contributed by atoms with Crippen molar-refractivity contribution in [3.8, 4) is 0 Å². The second-order valence-corrected chi connectivity index (χ2v) is 10.2. The minimum absolute atomic E-state index is 0.0463. The van der Waals surface area contributed by atoms with Gasteiger partial charge in [-0.3, -0.25) is 4.79 Å². The molecule has 0 spiro atoms. The molecule has 3 fully saturated rings. The fourth-order valence-corrected chi connectivity index (χ4v) is 6.13. The van der Waals surface area contributed by atoms with Crippen LogP contribution in [-0.4, -0.2) is 44.0 Å². The lowest BCUT2D eigenvalue weighted by molar-refractivity contribution is -0.193. The van der Waals surface area contributed by atoms with Gasteiger partial charge in [-0.15, -0.1) is 11.3 Å². The number of anilines is 1. The summed E-state index contributed by atoms with van der Waals surface area (Å²) in [7, 11) is 1.40. The van der Waals surface area contributed by atoms with Crippen molar-refractivity contribution in [3.63, 3.8) is 0 Å². The minimum atomic E-state index is -0.367. The molecule has 4 rings (SSSR count). The van der Waals surface area contributed by atoms with Crippen LogP contribution in [0.15, 0.2) is 11.4 Å². The molecule has 1 amide bonds. The maximum Gasteiger partial charge on any atom is 0.350 e. The first kappa shape index (κ1) is 22.7. The fraction of sp³-hybridized carbons (Fsp3) is 0.750. The summed E-state index contributed by atoms with van der Waals surface area (Å²) < 4.78 is 17.0. The lowest BCUT2D eigenvalue weighted by Crippen LogP contribution is -2.46. The van der Waals surface area contributed by atoms with Crippen LogP contribution in [0.2, 0.25) is 0 Å². The number of rotatable bonds is 6. The van der Waals surface area contributed by atoms with E-state index in [1.165, 1.54) is 18.4 Å². The second-order valence-electron chi connectivity index (χ2n) is 9.31. The maximum absolute atomic E-state index is 13.7. The van der Waals surface area contributed by atoms with Crippen LogP contribution in [0.5, 0.6) is 0 Å². The highest BCUT2D eigenvalue weighted by Gasteiger charge is 2.38. The van der Waals surface area contributed by atoms with Crippen LogP contribution in [0.25, 0.3) is 0 Å². The van der Waals surface area contributed by atoms with Gasteiger partial charge in [-0.1, -0.05) is 6.92 Å². The van der Waals surface area contributed by atoms with E-state index in [1.54, 1.807) is 0 Å². The topological polar surface area (TPSA) is 65.1 Å². The average Bonchev–Trinajstić information content (AvgIpc) is 3.45. The van der Waals surface area contributed by atoms with Gasteiger partial charge in [0.05, 0.1) is 18.9 Å². The molecule has 3 atom stereocenters. The van der Waals surface area contributed by atoms with Gasteiger partial charge in [0.25, 0.3) is 0 Å². The van der Waals surface area contributed by atoms with Crippen LogP contribution in [0, 0.1) is 11.8 Å². The molecule has 1 saturated heterocycles. The molecule has 0 radical (unpaired) electrons. The first-order valence-electron chi connectivity index (χ1n) is 11.8. The molecule has 1 aliphatic heterocycles. The summed E-state index contributed by atoms with van der Waals surface area (Å²) in [6.07, 6.45) is 9.91. The molecule has 3 unspecified atom stereocenters. The molecule has 2 heterocycles. The Kier molecular flexibility index (Phi) is 7.67. The molecule has 3 aliphatic rings. The van der Waals surface area contributed by atoms with Crippen molar-refractivity contribution in [2.45, 2.75) is 89.6 Å². The number of ether oxygens (including phenoxy) is 3. The van der Waals surface area contributed by atoms with Gasteiger partial charge in [-0.2, -0.15) is 0 Å². The number of nitrogens with zero attached hydrogens (tertiary/aromatic N) is 1. The molecule has 1 aromatic rings. The monoisotopic (exact) mass is 449 g/mol. The van der Waals surface area contributed by atoms with Crippen LogP contribution in [0.4, 0.5) is 5.69 Å². The van der Waals surface area contributed by atoms with E-state index in [9.17, 15) is 9.59 Å². The summed E-state index contributed by atoms with van der Waals surface area (Å²) in [6.45, 7) is 3.01. The van der Waals surface area contributed by atoms with Gasteiger partial charge in [-0.05, 0) is 81.6 Å². The van der Waals surface area contributed by atoms with Crippen molar-refractivity contribution >= 4 is 28.9 Å². The second kappa shape index (κ2) is 10.5. The Bertz CT molecular complexity index is 751. The third kappa shape index (κ3) is 5.32. The number of hydrogen-bond acceptors (Lipinski definition) is 6. The number of amides is 1. The fourth-order valence-electron chi connectivity index (χ4n) is 5.33. The summed E-state index contributed by atoms with van der Waals surface area (Å²) >= 11 is 1.35. The molecule has 0 N–H and O–H groups in total. The molecule has 31 heavy (non-hydrogen) atoms. The lowest BCUT2D eigenvalue weighted by Gasteiger charge is -2.39. The minimum Gasteiger partial charge on any atom is -0.465 e. The standard InChI is InChI=1S/C24H35NO5S/c1-16-6-7-17(15-16)23(26)25(20-12-14-31-22(20)24(27)28-2)18-8-10-19(11-9-18)30-21-5-3-4-13-29-21/h12,14,16-19,21H,3-11,13,15H2,1-2H3. The first-order valence-corrected chi connectivity index (χ1v) is 12.7. The van der Waals surface area contributed by atoms with E-state index >= 15 is 0 Å². The number of methoxy groups -OCH3 is 1. The van der Waals surface area contributed by atoms with Crippen molar-refractivity contribution < 1.29 is 23.8 Å². The van der Waals surface area contributed by atoms with Gasteiger partial charge in [0.15, 0.2) is 6.29 Å². The summed E-state index contributed by atoms with van der Waals surface area (Å²) in [5, 5.41) is 1.88. The molecule has 6 nitrogen and oxygen atoms in total. The van der Waals surface area contributed by atoms with Crippen LogP contribution in [-0.2, 0) is 19.0 Å². The van der Waals surface area contributed by atoms with Gasteiger partial charge >= 0.3 is 5.97 Å². The zero-order chi connectivity index (χ0) is 21.8. The lowest BCUT2D eigenvalue weighted by atomic mass is 9.90. The van der Waals surface area contributed by atoms with E-state index in [0.717, 1.165) is 76.5 Å². The van der Waals surface area contributed by atoms with Crippen LogP contribution in [0.1, 0.15) is 80.8 Å². The predicted octanol–water partition coefficient (Wildman–Crippen LogP) is 5.16. The summed E-state index contributed by atoms with van der Waals surface area (Å²) in [4.78, 5) is 28.5. The molecule has 0 bridgehead atoms. The van der Waals surface area contributed by atoms with Gasteiger partial charge in [0.1, 0.15) is 4.88 Å². The van der Waals surface area contributed by atoms with Gasteiger partial charge in [-0.25, -0.2) is 4.79 Å². The maximum atomic E-state index is 13.7. The van der Waals surface area contributed by atoms with E-state index in [0.29, 0.717) is 10.8 Å². The SMILES string of the molecule is COC(=O)c1sccc1N(C(=O)C1CCC(C)C1)C1CCC(OC2CCCCO2)CC1. The van der Waals surface area contributed by atoms with Crippen LogP contribution >= 0.6 is 11.3 Å². The molecule has 172 valence electrons. The number of carbonyl (C=O) groups excluding carboxylic acids is 2. The number of esters is 1. The normalized spacial score (nSPS) is 31.4. The van der Waals surface area contributed by atoms with E-state index in [2.05, 4.69) is 6.92 Å². The van der Waals surface area contributed by atoms with Gasteiger partial charge in [0, 0.05) is 18.6 Å². The molecule has 0 aromatic carbocycles. The van der Waals surface area contributed by atoms with Crippen molar-refractivity contribution in [2.24, 2.45) is 11.8 Å². The summed E-state index contributed by atoms with van der Waals surface area (Å²) in [6, 6.07) is 2.00. The smallest absolute Gasteiger partial charge is 0.350 e. The quantitative estimate of drug-likeness (QED) is 0.562. The highest BCUT2D eigenvalue weighted by Crippen LogP contribution is 2.39. The molecule has 2 aliphatic carbocycles. The third-order valence-electron chi connectivity index (χ3n) is 7.05. The number of carbonyl (C=O) groups is 2. The Morgan fingerprint density at radius 3 is 2.55 bits per heavy atom. The van der Waals surface area contributed by atoms with E-state index in [-0.39, 0.29) is 36.2 Å². The first-order chi connectivity index (χ1) is 15.1. The van der Waals surface area contributed by atoms with Crippen LogP contribution in [0.3, 0.4) is 0 Å². The largest absolute Gasteiger partial charge is 0.465 e. The van der Waals surface area contributed by atoms with E-state index in [1.807, 2.05) is 16.3 Å². The number of thiophene rings is 1. The zero-order valence-electron chi connectivity index (χ0n) is 18.7. The molecule has 7 heteroatoms. The Morgan fingerprint density at radius 1 is 1.10 bits per heavy atom. The van der Waals surface area contributed by atoms with E-state index < -0.39 is 0 Å². The Balaban J connectivity index is 1.48. The Morgan fingerprint density at radius 2 is 1.90 bits per heavy atom. The Labute approximate surface area is 189 Å². The summed E-state index contributed by atoms with van der Waals surface area (Å²) in [5.41, 5.74) is 0.724. The predicted molar refractivity (Wildman–Crippen MR) is 120 cm³/mol. The van der Waals surface area contributed by atoms with Crippen molar-refractivity contribution in [1.82, 2.24) is 0 Å². The molecule has 1 aromatic heterocycles. The Hall–Kier alpha value is -1.44. The molecule has 2 saturated carbocycles. The third-order valence-corrected chi connectivity index (χ3v) is 7.93. The van der Waals surface area contributed by atoms with Crippen molar-refractivity contribution in [3.05, 3.63) is 16.3 Å². The average molecular weight is 450 g/mol. The van der Waals surface area contributed by atoms with Crippen molar-refractivity contribution in [1.29, 1.82) is 0 Å².